The number of aromatic nitrogens is 2. The number of carbonyl (C=O) groups excluding carboxylic acids is 1. The lowest BCUT2D eigenvalue weighted by Crippen LogP contribution is -2.33. The van der Waals surface area contributed by atoms with E-state index in [0.717, 1.165) is 23.4 Å². The van der Waals surface area contributed by atoms with Gasteiger partial charge in [0.25, 0.3) is 0 Å². The second kappa shape index (κ2) is 9.41. The highest BCUT2D eigenvalue weighted by atomic mass is 35.5. The number of benzene rings is 3. The molecular weight excluding hydrogens is 420 g/mol. The van der Waals surface area contributed by atoms with E-state index in [1.165, 1.54) is 5.56 Å². The third kappa shape index (κ3) is 4.06. The lowest BCUT2D eigenvalue weighted by molar-refractivity contribution is -0.145. The molecule has 0 bridgehead atoms. The molecule has 0 radical (unpaired) electrons. The van der Waals surface area contributed by atoms with Gasteiger partial charge in [-0.2, -0.15) is 0 Å². The van der Waals surface area contributed by atoms with E-state index in [-0.39, 0.29) is 24.5 Å². The number of halogens is 1. The van der Waals surface area contributed by atoms with Gasteiger partial charge in [-0.1, -0.05) is 91.0 Å². The van der Waals surface area contributed by atoms with E-state index in [9.17, 15) is 4.79 Å². The number of nitrogens with zero attached hydrogens (tertiary/aromatic N) is 2. The summed E-state index contributed by atoms with van der Waals surface area (Å²) >= 11 is 0. The molecule has 1 aliphatic rings. The van der Waals surface area contributed by atoms with Gasteiger partial charge >= 0.3 is 5.97 Å². The van der Waals surface area contributed by atoms with Crippen molar-refractivity contribution in [1.82, 2.24) is 9.55 Å². The van der Waals surface area contributed by atoms with Crippen molar-refractivity contribution in [2.45, 2.75) is 30.9 Å². The number of ether oxygens (including phenoxy) is 1. The zero-order valence-electron chi connectivity index (χ0n) is 17.6. The van der Waals surface area contributed by atoms with E-state index >= 15 is 0 Å². The standard InChI is InChI=1S/C27H24N2O2.ClH/c30-26-27(22-12-6-2-7-13-22,23-14-8-3-9-15-23)19-24(31-26)20-29-17-16-28-25(29)18-21-10-4-1-5-11-21;/h1-17,24H,18-20H2;1H. The minimum atomic E-state index is -0.784. The normalized spacial score (nSPS) is 16.9. The maximum absolute atomic E-state index is 13.4. The molecule has 1 atom stereocenters. The molecule has 1 unspecified atom stereocenters. The number of rotatable bonds is 6. The van der Waals surface area contributed by atoms with Crippen LogP contribution in [0.5, 0.6) is 0 Å². The smallest absolute Gasteiger partial charge is 0.321 e. The SMILES string of the molecule is Cl.O=C1OC(Cn2ccnc2Cc2ccccc2)CC1(c1ccccc1)c1ccccc1. The van der Waals surface area contributed by atoms with Crippen molar-refractivity contribution in [2.75, 3.05) is 0 Å². The summed E-state index contributed by atoms with van der Waals surface area (Å²) in [6.07, 6.45) is 4.91. The first-order valence-corrected chi connectivity index (χ1v) is 10.6. The first kappa shape index (κ1) is 21.8. The Kier molecular flexibility index (Phi) is 6.42. The minimum absolute atomic E-state index is 0. The Labute approximate surface area is 194 Å². The van der Waals surface area contributed by atoms with Crippen LogP contribution in [0.1, 0.15) is 28.9 Å². The average Bonchev–Trinajstić information content (AvgIpc) is 3.40. The molecule has 1 aromatic heterocycles. The zero-order valence-corrected chi connectivity index (χ0v) is 18.4. The molecule has 5 heteroatoms. The Morgan fingerprint density at radius 1 is 0.875 bits per heavy atom. The molecule has 3 aromatic carbocycles. The summed E-state index contributed by atoms with van der Waals surface area (Å²) in [5.41, 5.74) is 2.38. The van der Waals surface area contributed by atoms with Gasteiger partial charge in [0.1, 0.15) is 17.3 Å². The molecule has 0 N–H and O–H groups in total. The van der Waals surface area contributed by atoms with Crippen LogP contribution < -0.4 is 0 Å². The number of esters is 1. The fraction of sp³-hybridized carbons (Fsp3) is 0.185. The number of carbonyl (C=O) groups is 1. The zero-order chi connectivity index (χ0) is 21.1. The largest absolute Gasteiger partial charge is 0.459 e. The summed E-state index contributed by atoms with van der Waals surface area (Å²) in [5, 5.41) is 0. The van der Waals surface area contributed by atoms with Crippen molar-refractivity contribution in [1.29, 1.82) is 0 Å². The maximum Gasteiger partial charge on any atom is 0.321 e. The Balaban J connectivity index is 0.00000245. The number of hydrogen-bond acceptors (Lipinski definition) is 3. The topological polar surface area (TPSA) is 44.1 Å². The molecule has 1 aliphatic heterocycles. The summed E-state index contributed by atoms with van der Waals surface area (Å²) < 4.78 is 8.09. The molecule has 1 saturated heterocycles. The van der Waals surface area contributed by atoms with E-state index in [4.69, 9.17) is 4.74 Å². The van der Waals surface area contributed by atoms with Crippen LogP contribution in [0.4, 0.5) is 0 Å². The second-order valence-electron chi connectivity index (χ2n) is 8.03. The predicted octanol–water partition coefficient (Wildman–Crippen LogP) is 5.20. The molecule has 0 amide bonds. The summed E-state index contributed by atoms with van der Waals surface area (Å²) in [5.74, 6) is 0.791. The Morgan fingerprint density at radius 3 is 2.03 bits per heavy atom. The van der Waals surface area contributed by atoms with Crippen LogP contribution in [0, 0.1) is 0 Å². The van der Waals surface area contributed by atoms with Gasteiger partial charge in [-0.05, 0) is 16.7 Å². The van der Waals surface area contributed by atoms with Gasteiger partial charge in [-0.25, -0.2) is 4.98 Å². The quantitative estimate of drug-likeness (QED) is 0.384. The average molecular weight is 445 g/mol. The molecule has 162 valence electrons. The fourth-order valence-electron chi connectivity index (χ4n) is 4.57. The lowest BCUT2D eigenvalue weighted by atomic mass is 9.72. The van der Waals surface area contributed by atoms with E-state index in [1.54, 1.807) is 0 Å². The Hall–Kier alpha value is -3.37. The van der Waals surface area contributed by atoms with E-state index < -0.39 is 5.41 Å². The monoisotopic (exact) mass is 444 g/mol. The Bertz CT molecular complexity index is 1120. The summed E-state index contributed by atoms with van der Waals surface area (Å²) in [4.78, 5) is 17.9. The first-order chi connectivity index (χ1) is 15.3. The van der Waals surface area contributed by atoms with Crippen LogP contribution in [0.25, 0.3) is 0 Å². The summed E-state index contributed by atoms with van der Waals surface area (Å²) in [7, 11) is 0. The molecule has 2 heterocycles. The van der Waals surface area contributed by atoms with Crippen LogP contribution >= 0.6 is 12.4 Å². The van der Waals surface area contributed by atoms with Gasteiger partial charge in [0.2, 0.25) is 0 Å². The molecule has 32 heavy (non-hydrogen) atoms. The van der Waals surface area contributed by atoms with Crippen LogP contribution in [-0.2, 0) is 27.9 Å². The molecule has 1 fully saturated rings. The van der Waals surface area contributed by atoms with Crippen molar-refractivity contribution < 1.29 is 9.53 Å². The molecule has 4 nitrogen and oxygen atoms in total. The highest BCUT2D eigenvalue weighted by molar-refractivity contribution is 5.89. The number of imidazole rings is 1. The van der Waals surface area contributed by atoms with Crippen molar-refractivity contribution >= 4 is 18.4 Å². The summed E-state index contributed by atoms with van der Waals surface area (Å²) in [6, 6.07) is 30.3. The molecule has 4 aromatic rings. The van der Waals surface area contributed by atoms with Gasteiger partial charge in [0.05, 0.1) is 6.54 Å². The highest BCUT2D eigenvalue weighted by Gasteiger charge is 2.51. The van der Waals surface area contributed by atoms with Crippen molar-refractivity contribution in [2.24, 2.45) is 0 Å². The van der Waals surface area contributed by atoms with E-state index in [2.05, 4.69) is 21.7 Å². The molecular formula is C27H25ClN2O2. The maximum atomic E-state index is 13.4. The van der Waals surface area contributed by atoms with Crippen LogP contribution in [0.2, 0.25) is 0 Å². The first-order valence-electron chi connectivity index (χ1n) is 10.6. The molecule has 0 saturated carbocycles. The third-order valence-electron chi connectivity index (χ3n) is 6.10. The number of hydrogen-bond donors (Lipinski definition) is 0. The van der Waals surface area contributed by atoms with E-state index in [1.807, 2.05) is 91.3 Å². The van der Waals surface area contributed by atoms with Gasteiger partial charge in [0, 0.05) is 25.2 Å². The summed E-state index contributed by atoms with van der Waals surface area (Å²) in [6.45, 7) is 0.593. The minimum Gasteiger partial charge on any atom is -0.459 e. The second-order valence-corrected chi connectivity index (χ2v) is 8.03. The van der Waals surface area contributed by atoms with Crippen LogP contribution in [0.3, 0.4) is 0 Å². The molecule has 5 rings (SSSR count). The van der Waals surface area contributed by atoms with Crippen molar-refractivity contribution in [3.8, 4) is 0 Å². The van der Waals surface area contributed by atoms with Gasteiger partial charge in [-0.15, -0.1) is 12.4 Å². The fourth-order valence-corrected chi connectivity index (χ4v) is 4.57. The Morgan fingerprint density at radius 2 is 1.44 bits per heavy atom. The van der Waals surface area contributed by atoms with Crippen molar-refractivity contribution in [3.63, 3.8) is 0 Å². The number of cyclic esters (lactones) is 1. The molecule has 0 spiro atoms. The van der Waals surface area contributed by atoms with Gasteiger partial charge in [0.15, 0.2) is 0 Å². The molecule has 0 aliphatic carbocycles. The third-order valence-corrected chi connectivity index (χ3v) is 6.10. The lowest BCUT2D eigenvalue weighted by Gasteiger charge is -2.26. The van der Waals surface area contributed by atoms with Crippen LogP contribution in [-0.4, -0.2) is 21.6 Å². The predicted molar refractivity (Wildman–Crippen MR) is 127 cm³/mol. The van der Waals surface area contributed by atoms with E-state index in [0.29, 0.717) is 13.0 Å². The van der Waals surface area contributed by atoms with Gasteiger partial charge < -0.3 is 9.30 Å². The van der Waals surface area contributed by atoms with Gasteiger partial charge in [-0.3, -0.25) is 4.79 Å². The van der Waals surface area contributed by atoms with Crippen molar-refractivity contribution in [3.05, 3.63) is 126 Å². The van der Waals surface area contributed by atoms with Crippen LogP contribution in [0.15, 0.2) is 103 Å². The highest BCUT2D eigenvalue weighted by Crippen LogP contribution is 2.43.